The van der Waals surface area contributed by atoms with Crippen LogP contribution in [0.5, 0.6) is 5.75 Å². The lowest BCUT2D eigenvalue weighted by atomic mass is 9.92. The van der Waals surface area contributed by atoms with Crippen molar-refractivity contribution in [3.05, 3.63) is 81.6 Å². The van der Waals surface area contributed by atoms with E-state index in [1.54, 1.807) is 50.4 Å². The molecule has 1 unspecified atom stereocenters. The molecule has 0 radical (unpaired) electrons. The first-order valence-electron chi connectivity index (χ1n) is 9.23. The fourth-order valence-corrected chi connectivity index (χ4v) is 4.09. The van der Waals surface area contributed by atoms with E-state index in [0.717, 1.165) is 5.56 Å². The predicted octanol–water partition coefficient (Wildman–Crippen LogP) is 3.95. The van der Waals surface area contributed by atoms with Gasteiger partial charge in [-0.25, -0.2) is 0 Å². The highest BCUT2D eigenvalue weighted by Crippen LogP contribution is 2.43. The lowest BCUT2D eigenvalue weighted by Crippen LogP contribution is -2.31. The SMILES string of the molecule is COc1ccc(C2C(C(=O)c3ccc(C)cc3)=C(O)C(=O)N2c2nnc(C)s2)cc1. The first-order chi connectivity index (χ1) is 14.4. The smallest absolute Gasteiger partial charge is 0.296 e. The maximum Gasteiger partial charge on any atom is 0.296 e. The molecule has 1 amide bonds. The standard InChI is InChI=1S/C22H19N3O4S/c1-12-4-6-15(7-5-12)19(26)17-18(14-8-10-16(29-3)11-9-14)25(21(28)20(17)27)22-24-23-13(2)30-22/h4-11,18,27H,1-3H3. The number of ether oxygens (including phenoxy) is 1. The van der Waals surface area contributed by atoms with Crippen LogP contribution in [0.2, 0.25) is 0 Å². The summed E-state index contributed by atoms with van der Waals surface area (Å²) in [5.41, 5.74) is 2.06. The maximum atomic E-state index is 13.3. The van der Waals surface area contributed by atoms with Crippen molar-refractivity contribution in [1.29, 1.82) is 0 Å². The van der Waals surface area contributed by atoms with Crippen LogP contribution in [0.15, 0.2) is 59.9 Å². The monoisotopic (exact) mass is 421 g/mol. The zero-order valence-corrected chi connectivity index (χ0v) is 17.4. The van der Waals surface area contributed by atoms with Gasteiger partial charge in [-0.15, -0.1) is 10.2 Å². The highest BCUT2D eigenvalue weighted by atomic mass is 32.1. The summed E-state index contributed by atoms with van der Waals surface area (Å²) >= 11 is 1.22. The van der Waals surface area contributed by atoms with Crippen LogP contribution in [-0.2, 0) is 4.79 Å². The molecule has 2 heterocycles. The summed E-state index contributed by atoms with van der Waals surface area (Å²) in [5, 5.41) is 19.8. The molecular weight excluding hydrogens is 402 g/mol. The normalized spacial score (nSPS) is 16.3. The average Bonchev–Trinajstić information content (AvgIpc) is 3.29. The van der Waals surface area contributed by atoms with Crippen LogP contribution in [0, 0.1) is 13.8 Å². The van der Waals surface area contributed by atoms with Gasteiger partial charge in [-0.1, -0.05) is 53.3 Å². The number of amides is 1. The van der Waals surface area contributed by atoms with E-state index in [1.165, 1.54) is 16.2 Å². The van der Waals surface area contributed by atoms with Gasteiger partial charge in [0.1, 0.15) is 10.8 Å². The van der Waals surface area contributed by atoms with E-state index >= 15 is 0 Å². The van der Waals surface area contributed by atoms with Crippen LogP contribution in [0.1, 0.15) is 32.5 Å². The number of rotatable bonds is 5. The second-order valence-corrected chi connectivity index (χ2v) is 8.07. The molecule has 0 saturated carbocycles. The topological polar surface area (TPSA) is 92.6 Å². The molecule has 1 N–H and O–H groups in total. The third-order valence-corrected chi connectivity index (χ3v) is 5.76. The zero-order chi connectivity index (χ0) is 21.4. The minimum atomic E-state index is -0.829. The Balaban J connectivity index is 1.85. The molecule has 0 bridgehead atoms. The minimum absolute atomic E-state index is 0.0156. The highest BCUT2D eigenvalue weighted by Gasteiger charge is 2.46. The van der Waals surface area contributed by atoms with Gasteiger partial charge in [-0.05, 0) is 31.5 Å². The summed E-state index contributed by atoms with van der Waals surface area (Å²) in [5.74, 6) is -1.02. The molecule has 0 spiro atoms. The van der Waals surface area contributed by atoms with Crippen molar-refractivity contribution in [2.75, 3.05) is 12.0 Å². The second-order valence-electron chi connectivity index (χ2n) is 6.91. The number of carbonyl (C=O) groups is 2. The molecular formula is C22H19N3O4S. The van der Waals surface area contributed by atoms with E-state index in [2.05, 4.69) is 10.2 Å². The number of hydrogen-bond donors (Lipinski definition) is 1. The predicted molar refractivity (Wildman–Crippen MR) is 113 cm³/mol. The van der Waals surface area contributed by atoms with Crippen molar-refractivity contribution in [1.82, 2.24) is 10.2 Å². The fraction of sp³-hybridized carbons (Fsp3) is 0.182. The number of hydrogen-bond acceptors (Lipinski definition) is 7. The van der Waals surface area contributed by atoms with Crippen molar-refractivity contribution in [2.45, 2.75) is 19.9 Å². The van der Waals surface area contributed by atoms with Crippen molar-refractivity contribution >= 4 is 28.2 Å². The number of aliphatic hydroxyl groups excluding tert-OH is 1. The zero-order valence-electron chi connectivity index (χ0n) is 16.6. The van der Waals surface area contributed by atoms with Gasteiger partial charge in [0.05, 0.1) is 18.7 Å². The first-order valence-corrected chi connectivity index (χ1v) is 10.0. The van der Waals surface area contributed by atoms with Crippen LogP contribution in [0.4, 0.5) is 5.13 Å². The Labute approximate surface area is 177 Å². The number of ketones is 1. The van der Waals surface area contributed by atoms with Gasteiger partial charge in [0.15, 0.2) is 11.5 Å². The summed E-state index contributed by atoms with van der Waals surface area (Å²) in [4.78, 5) is 27.7. The van der Waals surface area contributed by atoms with Crippen molar-refractivity contribution in [3.63, 3.8) is 0 Å². The van der Waals surface area contributed by atoms with Crippen molar-refractivity contribution < 1.29 is 19.4 Å². The van der Waals surface area contributed by atoms with E-state index in [0.29, 0.717) is 27.0 Å². The van der Waals surface area contributed by atoms with Gasteiger partial charge in [0, 0.05) is 5.56 Å². The molecule has 1 aromatic heterocycles. The molecule has 0 aliphatic carbocycles. The quantitative estimate of drug-likeness (QED) is 0.627. The molecule has 2 aromatic carbocycles. The number of nitrogens with zero attached hydrogens (tertiary/aromatic N) is 3. The minimum Gasteiger partial charge on any atom is -0.503 e. The van der Waals surface area contributed by atoms with Crippen LogP contribution in [0.25, 0.3) is 0 Å². The van der Waals surface area contributed by atoms with Gasteiger partial charge in [0.2, 0.25) is 5.13 Å². The maximum absolute atomic E-state index is 13.3. The van der Waals surface area contributed by atoms with Gasteiger partial charge < -0.3 is 9.84 Å². The number of methoxy groups -OCH3 is 1. The molecule has 4 rings (SSSR count). The van der Waals surface area contributed by atoms with Crippen molar-refractivity contribution in [2.24, 2.45) is 0 Å². The third-order valence-electron chi connectivity index (χ3n) is 4.92. The van der Waals surface area contributed by atoms with E-state index in [1.807, 2.05) is 19.1 Å². The summed E-state index contributed by atoms with van der Waals surface area (Å²) in [7, 11) is 1.56. The summed E-state index contributed by atoms with van der Waals surface area (Å²) in [6.07, 6.45) is 0. The number of aryl methyl sites for hydroxylation is 2. The van der Waals surface area contributed by atoms with Gasteiger partial charge in [-0.3, -0.25) is 14.5 Å². The Morgan fingerprint density at radius 3 is 2.30 bits per heavy atom. The molecule has 1 atom stereocenters. The Hall–Kier alpha value is -3.52. The fourth-order valence-electron chi connectivity index (χ4n) is 3.38. The number of aliphatic hydroxyl groups is 1. The number of aromatic nitrogens is 2. The van der Waals surface area contributed by atoms with Crippen LogP contribution in [0.3, 0.4) is 0 Å². The molecule has 0 saturated heterocycles. The highest BCUT2D eigenvalue weighted by molar-refractivity contribution is 7.15. The Morgan fingerprint density at radius 2 is 1.73 bits per heavy atom. The summed E-state index contributed by atoms with van der Waals surface area (Å²) in [6, 6.07) is 13.2. The van der Waals surface area contributed by atoms with Crippen LogP contribution >= 0.6 is 11.3 Å². The number of benzene rings is 2. The number of Topliss-reactive ketones (excluding diaryl/α,β-unsaturated/α-hetero) is 1. The lowest BCUT2D eigenvalue weighted by Gasteiger charge is -2.24. The average molecular weight is 421 g/mol. The Bertz CT molecular complexity index is 1150. The van der Waals surface area contributed by atoms with E-state index in [4.69, 9.17) is 4.74 Å². The summed E-state index contributed by atoms with van der Waals surface area (Å²) in [6.45, 7) is 3.69. The van der Waals surface area contributed by atoms with Gasteiger partial charge in [-0.2, -0.15) is 0 Å². The molecule has 8 heteroatoms. The van der Waals surface area contributed by atoms with E-state index in [-0.39, 0.29) is 5.57 Å². The number of anilines is 1. The van der Waals surface area contributed by atoms with E-state index < -0.39 is 23.5 Å². The Kier molecular flexibility index (Phi) is 5.09. The number of carbonyl (C=O) groups excluding carboxylic acids is 2. The molecule has 7 nitrogen and oxygen atoms in total. The van der Waals surface area contributed by atoms with Crippen LogP contribution in [-0.4, -0.2) is 34.1 Å². The van der Waals surface area contributed by atoms with Crippen LogP contribution < -0.4 is 9.64 Å². The van der Waals surface area contributed by atoms with Gasteiger partial charge >= 0.3 is 0 Å². The molecule has 0 fully saturated rings. The molecule has 1 aliphatic heterocycles. The third kappa shape index (κ3) is 3.35. The largest absolute Gasteiger partial charge is 0.503 e. The molecule has 30 heavy (non-hydrogen) atoms. The molecule has 1 aliphatic rings. The van der Waals surface area contributed by atoms with Crippen molar-refractivity contribution in [3.8, 4) is 5.75 Å². The second kappa shape index (κ2) is 7.72. The lowest BCUT2D eigenvalue weighted by molar-refractivity contribution is -0.117. The first kappa shape index (κ1) is 19.8. The molecule has 152 valence electrons. The molecule has 3 aromatic rings. The Morgan fingerprint density at radius 1 is 1.07 bits per heavy atom. The van der Waals surface area contributed by atoms with E-state index in [9.17, 15) is 14.7 Å². The van der Waals surface area contributed by atoms with Gasteiger partial charge in [0.25, 0.3) is 5.91 Å². The summed E-state index contributed by atoms with van der Waals surface area (Å²) < 4.78 is 5.21.